The fraction of sp³-hybridized carbons (Fsp3) is 0.182. The van der Waals surface area contributed by atoms with E-state index in [1.807, 2.05) is 35.0 Å². The summed E-state index contributed by atoms with van der Waals surface area (Å²) in [5.41, 5.74) is 0.736. The molecule has 0 fully saturated rings. The summed E-state index contributed by atoms with van der Waals surface area (Å²) in [5, 5.41) is 0. The van der Waals surface area contributed by atoms with E-state index in [1.165, 1.54) is 11.3 Å². The fourth-order valence-electron chi connectivity index (χ4n) is 1.48. The maximum atomic E-state index is 11.3. The normalized spacial score (nSPS) is 10.5. The number of hydrogen-bond acceptors (Lipinski definition) is 2. The Morgan fingerprint density at radius 3 is 2.87 bits per heavy atom. The lowest BCUT2D eigenvalue weighted by atomic mass is 10.3. The molecule has 0 aliphatic carbocycles. The first kappa shape index (κ1) is 10.5. The first-order valence-electron chi connectivity index (χ1n) is 4.57. The lowest BCUT2D eigenvalue weighted by molar-refractivity contribution is 0.100. The van der Waals surface area contributed by atoms with E-state index in [1.54, 1.807) is 6.92 Å². The monoisotopic (exact) mass is 239 g/mol. The summed E-state index contributed by atoms with van der Waals surface area (Å²) in [7, 11) is 0. The van der Waals surface area contributed by atoms with Crippen LogP contribution in [0.15, 0.2) is 30.5 Å². The number of rotatable bonds is 3. The first-order valence-corrected chi connectivity index (χ1v) is 5.76. The molecule has 2 aromatic heterocycles. The molecule has 0 bridgehead atoms. The van der Waals surface area contributed by atoms with Gasteiger partial charge in [0, 0.05) is 18.0 Å². The number of carbonyl (C=O) groups excluding carboxylic acids is 1. The van der Waals surface area contributed by atoms with Crippen molar-refractivity contribution in [2.45, 2.75) is 13.5 Å². The summed E-state index contributed by atoms with van der Waals surface area (Å²) in [5.74, 6) is 0.0858. The van der Waals surface area contributed by atoms with Crippen LogP contribution in [0.3, 0.4) is 0 Å². The molecule has 0 unspecified atom stereocenters. The van der Waals surface area contributed by atoms with E-state index < -0.39 is 0 Å². The molecule has 0 amide bonds. The SMILES string of the molecule is CC(=O)c1cccn1Cc1ccc(Cl)s1. The van der Waals surface area contributed by atoms with Crippen LogP contribution in [-0.2, 0) is 6.54 Å². The second-order valence-electron chi connectivity index (χ2n) is 3.28. The molecule has 4 heteroatoms. The van der Waals surface area contributed by atoms with Gasteiger partial charge in [-0.1, -0.05) is 11.6 Å². The van der Waals surface area contributed by atoms with Gasteiger partial charge in [-0.2, -0.15) is 0 Å². The van der Waals surface area contributed by atoms with Gasteiger partial charge in [-0.3, -0.25) is 4.79 Å². The van der Waals surface area contributed by atoms with Crippen LogP contribution in [-0.4, -0.2) is 10.4 Å². The summed E-state index contributed by atoms with van der Waals surface area (Å²) in [4.78, 5) is 12.4. The maximum absolute atomic E-state index is 11.3. The minimum Gasteiger partial charge on any atom is -0.340 e. The van der Waals surface area contributed by atoms with Crippen LogP contribution < -0.4 is 0 Å². The third-order valence-electron chi connectivity index (χ3n) is 2.15. The number of nitrogens with zero attached hydrogens (tertiary/aromatic N) is 1. The van der Waals surface area contributed by atoms with Crippen molar-refractivity contribution in [3.63, 3.8) is 0 Å². The van der Waals surface area contributed by atoms with Gasteiger partial charge in [0.05, 0.1) is 16.6 Å². The Balaban J connectivity index is 2.24. The third kappa shape index (κ3) is 2.30. The van der Waals surface area contributed by atoms with E-state index in [2.05, 4.69) is 0 Å². The Bertz CT molecular complexity index is 486. The van der Waals surface area contributed by atoms with Gasteiger partial charge < -0.3 is 4.57 Å². The highest BCUT2D eigenvalue weighted by Crippen LogP contribution is 2.22. The van der Waals surface area contributed by atoms with Crippen molar-refractivity contribution in [1.29, 1.82) is 0 Å². The zero-order chi connectivity index (χ0) is 10.8. The van der Waals surface area contributed by atoms with Crippen molar-refractivity contribution in [1.82, 2.24) is 4.57 Å². The number of aromatic nitrogens is 1. The number of carbonyl (C=O) groups is 1. The molecule has 0 aromatic carbocycles. The highest BCUT2D eigenvalue weighted by Gasteiger charge is 2.06. The third-order valence-corrected chi connectivity index (χ3v) is 3.36. The van der Waals surface area contributed by atoms with Gasteiger partial charge in [0.25, 0.3) is 0 Å². The van der Waals surface area contributed by atoms with Crippen LogP contribution in [0.1, 0.15) is 22.3 Å². The quantitative estimate of drug-likeness (QED) is 0.752. The topological polar surface area (TPSA) is 22.0 Å². The Hall–Kier alpha value is -1.06. The van der Waals surface area contributed by atoms with Crippen LogP contribution in [0.5, 0.6) is 0 Å². The van der Waals surface area contributed by atoms with Gasteiger partial charge in [-0.15, -0.1) is 11.3 Å². The molecule has 0 aliphatic rings. The van der Waals surface area contributed by atoms with Gasteiger partial charge >= 0.3 is 0 Å². The number of ketones is 1. The molecule has 78 valence electrons. The second kappa shape index (κ2) is 4.21. The van der Waals surface area contributed by atoms with E-state index >= 15 is 0 Å². The lowest BCUT2D eigenvalue weighted by Gasteiger charge is -2.04. The van der Waals surface area contributed by atoms with Crippen molar-refractivity contribution >= 4 is 28.7 Å². The molecule has 0 N–H and O–H groups in total. The second-order valence-corrected chi connectivity index (χ2v) is 5.08. The van der Waals surface area contributed by atoms with Crippen LogP contribution >= 0.6 is 22.9 Å². The van der Waals surface area contributed by atoms with Gasteiger partial charge in [0.2, 0.25) is 0 Å². The van der Waals surface area contributed by atoms with E-state index in [9.17, 15) is 4.79 Å². The van der Waals surface area contributed by atoms with E-state index in [-0.39, 0.29) is 5.78 Å². The zero-order valence-corrected chi connectivity index (χ0v) is 9.81. The number of thiophene rings is 1. The Morgan fingerprint density at radius 1 is 1.47 bits per heavy atom. The molecule has 15 heavy (non-hydrogen) atoms. The fourth-order valence-corrected chi connectivity index (χ4v) is 2.56. The van der Waals surface area contributed by atoms with E-state index in [0.29, 0.717) is 6.54 Å². The van der Waals surface area contributed by atoms with Crippen LogP contribution in [0.25, 0.3) is 0 Å². The first-order chi connectivity index (χ1) is 7.16. The molecule has 0 saturated carbocycles. The Morgan fingerprint density at radius 2 is 2.27 bits per heavy atom. The summed E-state index contributed by atoms with van der Waals surface area (Å²) in [6.07, 6.45) is 1.91. The molecule has 2 heterocycles. The summed E-state index contributed by atoms with van der Waals surface area (Å²) in [6.45, 7) is 2.28. The van der Waals surface area contributed by atoms with Crippen molar-refractivity contribution in [2.75, 3.05) is 0 Å². The minimum absolute atomic E-state index is 0.0858. The molecule has 0 radical (unpaired) electrons. The van der Waals surface area contributed by atoms with E-state index in [0.717, 1.165) is 14.9 Å². The summed E-state index contributed by atoms with van der Waals surface area (Å²) >= 11 is 7.38. The Kier molecular flexibility index (Phi) is 2.93. The van der Waals surface area contributed by atoms with Gasteiger partial charge in [0.1, 0.15) is 0 Å². The molecular weight excluding hydrogens is 230 g/mol. The molecule has 0 spiro atoms. The van der Waals surface area contributed by atoms with Crippen LogP contribution in [0.4, 0.5) is 0 Å². The van der Waals surface area contributed by atoms with Crippen molar-refractivity contribution in [3.8, 4) is 0 Å². The molecular formula is C11H10ClNOS. The number of hydrogen-bond donors (Lipinski definition) is 0. The standard InChI is InChI=1S/C11H10ClNOS/c1-8(14)10-3-2-6-13(10)7-9-4-5-11(12)15-9/h2-6H,7H2,1H3. The van der Waals surface area contributed by atoms with Crippen molar-refractivity contribution in [2.24, 2.45) is 0 Å². The predicted octanol–water partition coefficient (Wildman–Crippen LogP) is 3.45. The Labute approximate surface area is 97.1 Å². The molecule has 2 rings (SSSR count). The molecule has 0 saturated heterocycles. The zero-order valence-electron chi connectivity index (χ0n) is 8.24. The maximum Gasteiger partial charge on any atom is 0.176 e. The smallest absolute Gasteiger partial charge is 0.176 e. The number of Topliss-reactive ketones (excluding diaryl/α,β-unsaturated/α-hetero) is 1. The number of halogens is 1. The van der Waals surface area contributed by atoms with E-state index in [4.69, 9.17) is 11.6 Å². The predicted molar refractivity (Wildman–Crippen MR) is 62.9 cm³/mol. The summed E-state index contributed by atoms with van der Waals surface area (Å²) in [6, 6.07) is 7.57. The van der Waals surface area contributed by atoms with Crippen molar-refractivity contribution in [3.05, 3.63) is 45.4 Å². The lowest BCUT2D eigenvalue weighted by Crippen LogP contribution is -2.05. The molecule has 2 nitrogen and oxygen atoms in total. The highest BCUT2D eigenvalue weighted by atomic mass is 35.5. The largest absolute Gasteiger partial charge is 0.340 e. The molecule has 0 aliphatic heterocycles. The van der Waals surface area contributed by atoms with Gasteiger partial charge in [0.15, 0.2) is 5.78 Å². The van der Waals surface area contributed by atoms with Crippen molar-refractivity contribution < 1.29 is 4.79 Å². The highest BCUT2D eigenvalue weighted by molar-refractivity contribution is 7.16. The van der Waals surface area contributed by atoms with Crippen LogP contribution in [0, 0.1) is 0 Å². The molecule has 0 atom stereocenters. The van der Waals surface area contributed by atoms with Gasteiger partial charge in [-0.05, 0) is 24.3 Å². The molecule has 2 aromatic rings. The van der Waals surface area contributed by atoms with Gasteiger partial charge in [-0.25, -0.2) is 0 Å². The average Bonchev–Trinajstić information content (AvgIpc) is 2.75. The average molecular weight is 240 g/mol. The van der Waals surface area contributed by atoms with Crippen LogP contribution in [0.2, 0.25) is 4.34 Å². The summed E-state index contributed by atoms with van der Waals surface area (Å²) < 4.78 is 2.71. The minimum atomic E-state index is 0.0858.